The van der Waals surface area contributed by atoms with E-state index in [0.717, 1.165) is 4.90 Å². The number of nitrogens with one attached hydrogen (secondary N) is 1. The van der Waals surface area contributed by atoms with Gasteiger partial charge in [0, 0.05) is 0 Å². The second-order valence-corrected chi connectivity index (χ2v) is 6.44. The van der Waals surface area contributed by atoms with Crippen LogP contribution in [-0.2, 0) is 14.4 Å². The van der Waals surface area contributed by atoms with Crippen molar-refractivity contribution in [3.8, 4) is 6.07 Å². The Morgan fingerprint density at radius 3 is 2.27 bits per heavy atom. The van der Waals surface area contributed by atoms with E-state index >= 15 is 0 Å². The first kappa shape index (κ1) is 16.2. The Hall–Kier alpha value is -2.16. The van der Waals surface area contributed by atoms with Gasteiger partial charge in [-0.2, -0.15) is 5.26 Å². The standard InChI is InChI=1S/C16H21N3O3/c1-10(2)16(3,9-17)18-13(20)8-19-14(21)11-6-4-5-7-12(11)15(19)22/h4-5,10-12H,6-8H2,1-3H3,(H,18,20)/t11-,12+,16-/m1/s1. The van der Waals surface area contributed by atoms with Gasteiger partial charge in [-0.3, -0.25) is 19.3 Å². The number of allylic oxidation sites excluding steroid dienone is 2. The molecule has 0 spiro atoms. The molecule has 1 N–H and O–H groups in total. The van der Waals surface area contributed by atoms with Crippen LogP contribution in [0.1, 0.15) is 33.6 Å². The van der Waals surface area contributed by atoms with Gasteiger partial charge in [-0.15, -0.1) is 0 Å². The number of carbonyl (C=O) groups excluding carboxylic acids is 3. The van der Waals surface area contributed by atoms with Crippen molar-refractivity contribution in [2.75, 3.05) is 6.54 Å². The molecule has 2 rings (SSSR count). The third-order valence-corrected chi connectivity index (χ3v) is 4.69. The zero-order chi connectivity index (χ0) is 16.5. The summed E-state index contributed by atoms with van der Waals surface area (Å²) in [6, 6.07) is 2.08. The highest BCUT2D eigenvalue weighted by atomic mass is 16.2. The molecular formula is C16H21N3O3. The summed E-state index contributed by atoms with van der Waals surface area (Å²) in [5, 5.41) is 11.8. The lowest BCUT2D eigenvalue weighted by atomic mass is 9.85. The Bertz CT molecular complexity index is 550. The average Bonchev–Trinajstić information content (AvgIpc) is 2.72. The molecule has 0 aromatic heterocycles. The van der Waals surface area contributed by atoms with Gasteiger partial charge in [0.25, 0.3) is 0 Å². The second kappa shape index (κ2) is 5.91. The molecule has 1 heterocycles. The minimum absolute atomic E-state index is 0.0850. The fourth-order valence-electron chi connectivity index (χ4n) is 2.80. The highest BCUT2D eigenvalue weighted by Gasteiger charge is 2.48. The van der Waals surface area contributed by atoms with Crippen molar-refractivity contribution < 1.29 is 14.4 Å². The summed E-state index contributed by atoms with van der Waals surface area (Å²) in [4.78, 5) is 37.7. The Morgan fingerprint density at radius 1 is 1.36 bits per heavy atom. The smallest absolute Gasteiger partial charge is 0.241 e. The first-order chi connectivity index (χ1) is 10.3. The Kier molecular flexibility index (Phi) is 4.36. The van der Waals surface area contributed by atoms with Crippen LogP contribution in [0.2, 0.25) is 0 Å². The van der Waals surface area contributed by atoms with Gasteiger partial charge in [-0.1, -0.05) is 26.0 Å². The molecule has 0 aromatic carbocycles. The van der Waals surface area contributed by atoms with Crippen LogP contribution in [0, 0.1) is 29.1 Å². The molecule has 0 aromatic rings. The Morgan fingerprint density at radius 2 is 1.86 bits per heavy atom. The van der Waals surface area contributed by atoms with Crippen molar-refractivity contribution >= 4 is 17.7 Å². The number of nitrogens with zero attached hydrogens (tertiary/aromatic N) is 2. The maximum absolute atomic E-state index is 12.3. The van der Waals surface area contributed by atoms with Gasteiger partial charge >= 0.3 is 0 Å². The van der Waals surface area contributed by atoms with Crippen LogP contribution in [0.5, 0.6) is 0 Å². The van der Waals surface area contributed by atoms with Crippen molar-refractivity contribution in [1.82, 2.24) is 10.2 Å². The molecule has 6 heteroatoms. The fourth-order valence-corrected chi connectivity index (χ4v) is 2.80. The molecule has 1 aliphatic carbocycles. The number of fused-ring (bicyclic) bond motifs is 1. The van der Waals surface area contributed by atoms with E-state index in [1.54, 1.807) is 6.92 Å². The van der Waals surface area contributed by atoms with Crippen molar-refractivity contribution in [1.29, 1.82) is 5.26 Å². The van der Waals surface area contributed by atoms with Crippen molar-refractivity contribution in [2.45, 2.75) is 39.2 Å². The predicted molar refractivity (Wildman–Crippen MR) is 79.1 cm³/mol. The highest BCUT2D eigenvalue weighted by molar-refractivity contribution is 6.07. The van der Waals surface area contributed by atoms with Crippen LogP contribution in [-0.4, -0.2) is 34.7 Å². The predicted octanol–water partition coefficient (Wildman–Crippen LogP) is 0.992. The second-order valence-electron chi connectivity index (χ2n) is 6.44. The van der Waals surface area contributed by atoms with Crippen LogP contribution in [0.15, 0.2) is 12.2 Å². The number of hydrogen-bond donors (Lipinski definition) is 1. The van der Waals surface area contributed by atoms with E-state index in [-0.39, 0.29) is 36.1 Å². The molecule has 1 fully saturated rings. The van der Waals surface area contributed by atoms with Crippen LogP contribution >= 0.6 is 0 Å². The zero-order valence-corrected chi connectivity index (χ0v) is 13.1. The van der Waals surface area contributed by atoms with Gasteiger partial charge in [-0.25, -0.2) is 0 Å². The summed E-state index contributed by atoms with van der Waals surface area (Å²) < 4.78 is 0. The van der Waals surface area contributed by atoms with Gasteiger partial charge in [0.2, 0.25) is 17.7 Å². The first-order valence-corrected chi connectivity index (χ1v) is 7.52. The molecule has 1 aliphatic heterocycles. The molecule has 0 bridgehead atoms. The summed E-state index contributed by atoms with van der Waals surface area (Å²) >= 11 is 0. The number of carbonyl (C=O) groups is 3. The lowest BCUT2D eigenvalue weighted by Gasteiger charge is -2.28. The summed E-state index contributed by atoms with van der Waals surface area (Å²) in [5.74, 6) is -1.80. The normalized spacial score (nSPS) is 26.6. The lowest BCUT2D eigenvalue weighted by molar-refractivity contribution is -0.144. The topological polar surface area (TPSA) is 90.3 Å². The summed E-state index contributed by atoms with van der Waals surface area (Å²) in [7, 11) is 0. The summed E-state index contributed by atoms with van der Waals surface area (Å²) in [6.07, 6.45) is 4.91. The molecule has 0 unspecified atom stereocenters. The number of nitriles is 1. The molecule has 22 heavy (non-hydrogen) atoms. The third kappa shape index (κ3) is 2.76. The average molecular weight is 303 g/mol. The third-order valence-electron chi connectivity index (χ3n) is 4.69. The minimum Gasteiger partial charge on any atom is -0.336 e. The molecule has 3 amide bonds. The van der Waals surface area contributed by atoms with Gasteiger partial charge in [0.05, 0.1) is 17.9 Å². The van der Waals surface area contributed by atoms with Gasteiger partial charge < -0.3 is 5.32 Å². The highest BCUT2D eigenvalue weighted by Crippen LogP contribution is 2.34. The number of likely N-dealkylation sites (tertiary alicyclic amines) is 1. The summed E-state index contributed by atoms with van der Waals surface area (Å²) in [5.41, 5.74) is -1.02. The van der Waals surface area contributed by atoms with Crippen LogP contribution < -0.4 is 5.32 Å². The first-order valence-electron chi connectivity index (χ1n) is 7.52. The number of amides is 3. The van der Waals surface area contributed by atoms with E-state index in [2.05, 4.69) is 11.4 Å². The van der Waals surface area contributed by atoms with E-state index in [0.29, 0.717) is 12.8 Å². The van der Waals surface area contributed by atoms with Crippen LogP contribution in [0.3, 0.4) is 0 Å². The molecular weight excluding hydrogens is 282 g/mol. The largest absolute Gasteiger partial charge is 0.336 e. The molecule has 3 atom stereocenters. The Labute approximate surface area is 130 Å². The fraction of sp³-hybridized carbons (Fsp3) is 0.625. The van der Waals surface area contributed by atoms with Gasteiger partial charge in [0.15, 0.2) is 0 Å². The number of rotatable bonds is 4. The zero-order valence-electron chi connectivity index (χ0n) is 13.1. The van der Waals surface area contributed by atoms with Gasteiger partial charge in [0.1, 0.15) is 12.1 Å². The summed E-state index contributed by atoms with van der Waals surface area (Å²) in [6.45, 7) is 4.98. The van der Waals surface area contributed by atoms with E-state index < -0.39 is 11.4 Å². The Balaban J connectivity index is 2.05. The SMILES string of the molecule is CC(C)[C@@](C)(C#N)NC(=O)CN1C(=O)[C@H]2CC=CC[C@H]2C1=O. The van der Waals surface area contributed by atoms with E-state index in [4.69, 9.17) is 0 Å². The van der Waals surface area contributed by atoms with E-state index in [9.17, 15) is 19.6 Å². The maximum atomic E-state index is 12.3. The van der Waals surface area contributed by atoms with Crippen molar-refractivity contribution in [2.24, 2.45) is 17.8 Å². The molecule has 6 nitrogen and oxygen atoms in total. The van der Waals surface area contributed by atoms with E-state index in [1.807, 2.05) is 26.0 Å². The molecule has 0 saturated carbocycles. The van der Waals surface area contributed by atoms with Crippen molar-refractivity contribution in [3.63, 3.8) is 0 Å². The maximum Gasteiger partial charge on any atom is 0.241 e. The monoisotopic (exact) mass is 303 g/mol. The number of imide groups is 1. The van der Waals surface area contributed by atoms with Crippen molar-refractivity contribution in [3.05, 3.63) is 12.2 Å². The van der Waals surface area contributed by atoms with Gasteiger partial charge in [-0.05, 0) is 25.7 Å². The van der Waals surface area contributed by atoms with Crippen LogP contribution in [0.4, 0.5) is 0 Å². The van der Waals surface area contributed by atoms with Crippen LogP contribution in [0.25, 0.3) is 0 Å². The number of hydrogen-bond acceptors (Lipinski definition) is 4. The molecule has 1 saturated heterocycles. The molecule has 0 radical (unpaired) electrons. The molecule has 2 aliphatic rings. The quantitative estimate of drug-likeness (QED) is 0.619. The molecule has 118 valence electrons. The van der Waals surface area contributed by atoms with E-state index in [1.165, 1.54) is 0 Å². The minimum atomic E-state index is -1.02. The lowest BCUT2D eigenvalue weighted by Crippen LogP contribution is -2.52.